The maximum absolute atomic E-state index is 13.2. The van der Waals surface area contributed by atoms with Gasteiger partial charge in [0.05, 0.1) is 17.7 Å². The van der Waals surface area contributed by atoms with Crippen LogP contribution in [0.3, 0.4) is 0 Å². The molecule has 0 saturated carbocycles. The minimum Gasteiger partial charge on any atom is -0.493 e. The van der Waals surface area contributed by atoms with Crippen molar-refractivity contribution in [3.05, 3.63) is 62.6 Å². The van der Waals surface area contributed by atoms with Crippen molar-refractivity contribution in [2.24, 2.45) is 7.05 Å². The lowest BCUT2D eigenvalue weighted by Crippen LogP contribution is -2.34. The largest absolute Gasteiger partial charge is 0.493 e. The van der Waals surface area contributed by atoms with Crippen molar-refractivity contribution >= 4 is 28.7 Å². The molecule has 29 heavy (non-hydrogen) atoms. The SMILES string of the molecule is COc1cc([C@H]2CC(=O)N(c3ccccc3)c3c2sc(=O)n3C)cc2c1OCO2. The van der Waals surface area contributed by atoms with Gasteiger partial charge in [-0.25, -0.2) is 0 Å². The van der Waals surface area contributed by atoms with E-state index in [0.29, 0.717) is 23.1 Å². The van der Waals surface area contributed by atoms with Gasteiger partial charge in [0, 0.05) is 19.4 Å². The lowest BCUT2D eigenvalue weighted by Gasteiger charge is -2.32. The Morgan fingerprint density at radius 1 is 1.14 bits per heavy atom. The second kappa shape index (κ2) is 6.66. The molecule has 2 aromatic carbocycles. The van der Waals surface area contributed by atoms with Crippen molar-refractivity contribution in [3.8, 4) is 17.2 Å². The van der Waals surface area contributed by atoms with E-state index in [2.05, 4.69) is 0 Å². The third-order valence-electron chi connectivity index (χ3n) is 5.26. The molecule has 0 radical (unpaired) electrons. The van der Waals surface area contributed by atoms with Gasteiger partial charge in [0.1, 0.15) is 5.82 Å². The van der Waals surface area contributed by atoms with Crippen molar-refractivity contribution < 1.29 is 19.0 Å². The van der Waals surface area contributed by atoms with Crippen LogP contribution in [-0.4, -0.2) is 24.4 Å². The summed E-state index contributed by atoms with van der Waals surface area (Å²) in [6, 6.07) is 13.1. The molecule has 3 heterocycles. The zero-order valence-electron chi connectivity index (χ0n) is 15.9. The molecule has 0 fully saturated rings. The fourth-order valence-corrected chi connectivity index (χ4v) is 4.98. The smallest absolute Gasteiger partial charge is 0.308 e. The number of amides is 1. The molecule has 0 spiro atoms. The summed E-state index contributed by atoms with van der Waals surface area (Å²) in [4.78, 5) is 28.1. The van der Waals surface area contributed by atoms with Gasteiger partial charge in [0.25, 0.3) is 0 Å². The topological polar surface area (TPSA) is 70.0 Å². The van der Waals surface area contributed by atoms with E-state index < -0.39 is 0 Å². The molecule has 148 valence electrons. The number of fused-ring (bicyclic) bond motifs is 2. The number of benzene rings is 2. The van der Waals surface area contributed by atoms with Crippen molar-refractivity contribution in [1.29, 1.82) is 0 Å². The summed E-state index contributed by atoms with van der Waals surface area (Å²) in [7, 11) is 3.26. The first kappa shape index (κ1) is 17.8. The second-order valence-corrected chi connectivity index (χ2v) is 7.89. The fourth-order valence-electron chi connectivity index (χ4n) is 3.89. The molecule has 0 unspecified atom stereocenters. The number of carbonyl (C=O) groups is 1. The predicted octanol–water partition coefficient (Wildman–Crippen LogP) is 3.38. The van der Waals surface area contributed by atoms with Gasteiger partial charge >= 0.3 is 4.87 Å². The molecule has 7 nitrogen and oxygen atoms in total. The Labute approximate surface area is 170 Å². The van der Waals surface area contributed by atoms with Gasteiger partial charge in [-0.15, -0.1) is 0 Å². The Bertz CT molecular complexity index is 1170. The second-order valence-electron chi connectivity index (χ2n) is 6.89. The van der Waals surface area contributed by atoms with Gasteiger partial charge in [-0.3, -0.25) is 19.1 Å². The lowest BCUT2D eigenvalue weighted by atomic mass is 9.90. The summed E-state index contributed by atoms with van der Waals surface area (Å²) in [6.07, 6.45) is 0.241. The highest BCUT2D eigenvalue weighted by atomic mass is 32.1. The summed E-state index contributed by atoms with van der Waals surface area (Å²) in [5.74, 6) is 1.98. The van der Waals surface area contributed by atoms with Crippen molar-refractivity contribution in [1.82, 2.24) is 4.57 Å². The number of para-hydroxylation sites is 1. The van der Waals surface area contributed by atoms with Crippen molar-refractivity contribution in [3.63, 3.8) is 0 Å². The van der Waals surface area contributed by atoms with Gasteiger partial charge in [0.2, 0.25) is 18.4 Å². The Hall–Kier alpha value is -3.26. The van der Waals surface area contributed by atoms with E-state index in [1.54, 1.807) is 23.6 Å². The fraction of sp³-hybridized carbons (Fsp3) is 0.238. The molecule has 2 aliphatic heterocycles. The number of anilines is 2. The predicted molar refractivity (Wildman–Crippen MR) is 109 cm³/mol. The van der Waals surface area contributed by atoms with E-state index >= 15 is 0 Å². The average molecular weight is 410 g/mol. The van der Waals surface area contributed by atoms with Crippen LogP contribution in [0.2, 0.25) is 0 Å². The summed E-state index contributed by atoms with van der Waals surface area (Å²) in [6.45, 7) is 0.129. The standard InChI is InChI=1S/C21H18N2O5S/c1-22-20-19(29-21(22)25)14(10-17(24)23(20)13-6-4-3-5-7-13)12-8-15(26-2)18-16(9-12)27-11-28-18/h3-9,14H,10-11H2,1-2H3/t14-/m1/s1. The molecule has 1 aromatic heterocycles. The van der Waals surface area contributed by atoms with Gasteiger partial charge in [-0.1, -0.05) is 29.5 Å². The summed E-state index contributed by atoms with van der Waals surface area (Å²) < 4.78 is 18.0. The number of carbonyl (C=O) groups excluding carboxylic acids is 1. The molecule has 0 saturated heterocycles. The monoisotopic (exact) mass is 410 g/mol. The Balaban J connectivity index is 1.68. The molecule has 5 rings (SSSR count). The average Bonchev–Trinajstić information content (AvgIpc) is 3.32. The zero-order valence-corrected chi connectivity index (χ0v) is 16.7. The van der Waals surface area contributed by atoms with Gasteiger partial charge in [-0.2, -0.15) is 0 Å². The van der Waals surface area contributed by atoms with Crippen LogP contribution in [0.1, 0.15) is 22.8 Å². The van der Waals surface area contributed by atoms with Crippen molar-refractivity contribution in [2.75, 3.05) is 18.8 Å². The number of ether oxygens (including phenoxy) is 3. The maximum atomic E-state index is 13.2. The van der Waals surface area contributed by atoms with Gasteiger partial charge < -0.3 is 14.2 Å². The van der Waals surface area contributed by atoms with Crippen LogP contribution in [-0.2, 0) is 11.8 Å². The number of aromatic nitrogens is 1. The van der Waals surface area contributed by atoms with Crippen LogP contribution in [0.15, 0.2) is 47.3 Å². The van der Waals surface area contributed by atoms with Gasteiger partial charge in [-0.05, 0) is 29.8 Å². The molecular formula is C21H18N2O5S. The Kier molecular flexibility index (Phi) is 4.09. The normalized spacial score (nSPS) is 17.4. The van der Waals surface area contributed by atoms with Crippen LogP contribution < -0.4 is 24.0 Å². The zero-order chi connectivity index (χ0) is 20.1. The number of nitrogens with zero attached hydrogens (tertiary/aromatic N) is 2. The highest BCUT2D eigenvalue weighted by molar-refractivity contribution is 7.10. The molecule has 8 heteroatoms. The summed E-state index contributed by atoms with van der Waals surface area (Å²) in [5, 5.41) is 0. The lowest BCUT2D eigenvalue weighted by molar-refractivity contribution is -0.118. The molecule has 2 aliphatic rings. The number of hydrogen-bond acceptors (Lipinski definition) is 6. The minimum atomic E-state index is -0.264. The van der Waals surface area contributed by atoms with Crippen LogP contribution in [0.5, 0.6) is 17.2 Å². The van der Waals surface area contributed by atoms with E-state index in [4.69, 9.17) is 14.2 Å². The molecular weight excluding hydrogens is 392 g/mol. The van der Waals surface area contributed by atoms with Crippen LogP contribution >= 0.6 is 11.3 Å². The highest BCUT2D eigenvalue weighted by Gasteiger charge is 2.38. The van der Waals surface area contributed by atoms with E-state index in [9.17, 15) is 9.59 Å². The third kappa shape index (κ3) is 2.71. The molecule has 0 bridgehead atoms. The van der Waals surface area contributed by atoms with E-state index in [0.717, 1.165) is 16.1 Å². The van der Waals surface area contributed by atoms with E-state index in [1.165, 1.54) is 11.3 Å². The van der Waals surface area contributed by atoms with Crippen molar-refractivity contribution in [2.45, 2.75) is 12.3 Å². The first-order valence-corrected chi connectivity index (χ1v) is 9.95. The maximum Gasteiger partial charge on any atom is 0.308 e. The number of methoxy groups -OCH3 is 1. The van der Waals surface area contributed by atoms with E-state index in [-0.39, 0.29) is 29.9 Å². The Morgan fingerprint density at radius 2 is 1.93 bits per heavy atom. The molecule has 1 atom stereocenters. The molecule has 1 amide bonds. The molecule has 0 N–H and O–H groups in total. The highest BCUT2D eigenvalue weighted by Crippen LogP contribution is 2.49. The van der Waals surface area contributed by atoms with Crippen LogP contribution in [0.4, 0.5) is 11.5 Å². The summed E-state index contributed by atoms with van der Waals surface area (Å²) in [5.41, 5.74) is 1.60. The molecule has 3 aromatic rings. The third-order valence-corrected chi connectivity index (χ3v) is 6.40. The van der Waals surface area contributed by atoms with Crippen LogP contribution in [0, 0.1) is 0 Å². The quantitative estimate of drug-likeness (QED) is 0.662. The number of rotatable bonds is 3. The van der Waals surface area contributed by atoms with E-state index in [1.807, 2.05) is 42.5 Å². The van der Waals surface area contributed by atoms with Crippen LogP contribution in [0.25, 0.3) is 0 Å². The summed E-state index contributed by atoms with van der Waals surface area (Å²) >= 11 is 1.17. The number of thiazole rings is 1. The minimum absolute atomic E-state index is 0.0706. The molecule has 0 aliphatic carbocycles. The number of hydrogen-bond donors (Lipinski definition) is 0. The first-order chi connectivity index (χ1) is 14.1. The van der Waals surface area contributed by atoms with Gasteiger partial charge in [0.15, 0.2) is 11.5 Å². The Morgan fingerprint density at radius 3 is 2.69 bits per heavy atom. The first-order valence-electron chi connectivity index (χ1n) is 9.13.